The molecule has 0 radical (unpaired) electrons. The van der Waals surface area contributed by atoms with Crippen LogP contribution in [0.4, 0.5) is 5.69 Å². The number of carbonyl (C=O) groups excluding carboxylic acids is 1. The highest BCUT2D eigenvalue weighted by Gasteiger charge is 2.12. The number of H-pyrrole nitrogens is 1. The molecule has 0 aliphatic carbocycles. The lowest BCUT2D eigenvalue weighted by Gasteiger charge is -2.07. The molecule has 0 fully saturated rings. The Morgan fingerprint density at radius 3 is 2.76 bits per heavy atom. The minimum atomic E-state index is -0.289. The van der Waals surface area contributed by atoms with Gasteiger partial charge in [-0.2, -0.15) is 10.2 Å². The molecule has 0 spiro atoms. The minimum absolute atomic E-state index is 0.289. The van der Waals surface area contributed by atoms with Crippen molar-refractivity contribution in [3.8, 4) is 11.3 Å². The van der Waals surface area contributed by atoms with E-state index in [1.54, 1.807) is 30.5 Å². The minimum Gasteiger partial charge on any atom is -0.321 e. The van der Waals surface area contributed by atoms with Gasteiger partial charge in [0, 0.05) is 17.4 Å². The van der Waals surface area contributed by atoms with Crippen LogP contribution in [0.3, 0.4) is 0 Å². The molecule has 2 heterocycles. The molecule has 2 N–H and O–H groups in total. The second kappa shape index (κ2) is 8.41. The van der Waals surface area contributed by atoms with Gasteiger partial charge in [-0.3, -0.25) is 14.6 Å². The first kappa shape index (κ1) is 19.7. The quantitative estimate of drug-likeness (QED) is 0.380. The van der Waals surface area contributed by atoms with E-state index in [0.717, 1.165) is 15.6 Å². The van der Waals surface area contributed by atoms with Crippen molar-refractivity contribution in [2.24, 2.45) is 0 Å². The third kappa shape index (κ3) is 4.70. The Labute approximate surface area is 185 Å². The zero-order chi connectivity index (χ0) is 20.4. The zero-order valence-corrected chi connectivity index (χ0v) is 18.0. The maximum absolute atomic E-state index is 12.6. The summed E-state index contributed by atoms with van der Waals surface area (Å²) in [6.07, 6.45) is 3.62. The Balaban J connectivity index is 1.47. The third-order valence-corrected chi connectivity index (χ3v) is 5.32. The first-order valence-corrected chi connectivity index (χ1v) is 10.1. The van der Waals surface area contributed by atoms with Crippen LogP contribution in [0.15, 0.2) is 65.4 Å². The molecule has 1 amide bonds. The summed E-state index contributed by atoms with van der Waals surface area (Å²) in [7, 11) is 0. The largest absolute Gasteiger partial charge is 0.321 e. The van der Waals surface area contributed by atoms with Crippen molar-refractivity contribution >= 4 is 50.7 Å². The lowest BCUT2D eigenvalue weighted by Crippen LogP contribution is -2.12. The van der Waals surface area contributed by atoms with Crippen molar-refractivity contribution in [1.29, 1.82) is 0 Å². The van der Waals surface area contributed by atoms with E-state index in [1.165, 1.54) is 0 Å². The van der Waals surface area contributed by atoms with Gasteiger partial charge in [-0.05, 0) is 51.8 Å². The maximum atomic E-state index is 12.6. The summed E-state index contributed by atoms with van der Waals surface area (Å²) in [5.41, 5.74) is 3.41. The normalized spacial score (nSPS) is 10.9. The van der Waals surface area contributed by atoms with Crippen LogP contribution in [0.1, 0.15) is 16.1 Å². The predicted octanol–water partition coefficient (Wildman–Crippen LogP) is 5.64. The Morgan fingerprint density at radius 2 is 2.00 bits per heavy atom. The molecule has 29 heavy (non-hydrogen) atoms. The fraction of sp³-hybridized carbons (Fsp3) is 0.0500. The molecule has 0 unspecified atom stereocenters. The summed E-state index contributed by atoms with van der Waals surface area (Å²) in [6.45, 7) is 0.598. The van der Waals surface area contributed by atoms with Crippen LogP contribution < -0.4 is 5.32 Å². The van der Waals surface area contributed by atoms with E-state index in [0.29, 0.717) is 33.7 Å². The Bertz CT molecular complexity index is 1190. The first-order chi connectivity index (χ1) is 14.0. The number of aromatic nitrogens is 4. The summed E-state index contributed by atoms with van der Waals surface area (Å²) in [4.78, 5) is 12.6. The highest BCUT2D eigenvalue weighted by molar-refractivity contribution is 9.10. The van der Waals surface area contributed by atoms with Crippen LogP contribution in [-0.4, -0.2) is 25.9 Å². The first-order valence-electron chi connectivity index (χ1n) is 8.57. The maximum Gasteiger partial charge on any atom is 0.273 e. The number of hydrogen-bond acceptors (Lipinski definition) is 3. The standard InChI is InChI=1S/C20H14BrCl2N5O/c21-14-9-24-28(11-14)10-12-2-1-3-15(6-12)25-20(29)19-8-18(26-27-19)13-4-5-16(22)17(23)7-13/h1-9,11H,10H2,(H,25,29)(H,26,27). The summed E-state index contributed by atoms with van der Waals surface area (Å²) >= 11 is 15.4. The number of aromatic amines is 1. The van der Waals surface area contributed by atoms with Crippen molar-refractivity contribution < 1.29 is 4.79 Å². The number of nitrogens with zero attached hydrogens (tertiary/aromatic N) is 3. The van der Waals surface area contributed by atoms with Crippen LogP contribution in [0.2, 0.25) is 10.0 Å². The van der Waals surface area contributed by atoms with Gasteiger partial charge in [0.2, 0.25) is 0 Å². The molecule has 0 bridgehead atoms. The Kier molecular flexibility index (Phi) is 5.71. The number of halogens is 3. The van der Waals surface area contributed by atoms with Gasteiger partial charge in [0.25, 0.3) is 5.91 Å². The number of hydrogen-bond donors (Lipinski definition) is 2. The molecular formula is C20H14BrCl2N5O. The van der Waals surface area contributed by atoms with E-state index >= 15 is 0 Å². The second-order valence-corrected chi connectivity index (χ2v) is 8.04. The monoisotopic (exact) mass is 489 g/mol. The zero-order valence-electron chi connectivity index (χ0n) is 14.9. The highest BCUT2D eigenvalue weighted by atomic mass is 79.9. The van der Waals surface area contributed by atoms with Gasteiger partial charge >= 0.3 is 0 Å². The Morgan fingerprint density at radius 1 is 1.14 bits per heavy atom. The van der Waals surface area contributed by atoms with E-state index in [9.17, 15) is 4.79 Å². The fourth-order valence-corrected chi connectivity index (χ4v) is 3.43. The van der Waals surface area contributed by atoms with Crippen LogP contribution in [0.5, 0.6) is 0 Å². The number of amides is 1. The average Bonchev–Trinajstić information content (AvgIpc) is 3.34. The number of rotatable bonds is 5. The van der Waals surface area contributed by atoms with E-state index < -0.39 is 0 Å². The van der Waals surface area contributed by atoms with E-state index in [4.69, 9.17) is 23.2 Å². The molecule has 0 saturated heterocycles. The molecule has 146 valence electrons. The van der Waals surface area contributed by atoms with Gasteiger partial charge in [0.05, 0.1) is 33.0 Å². The van der Waals surface area contributed by atoms with Gasteiger partial charge in [0.15, 0.2) is 0 Å². The smallest absolute Gasteiger partial charge is 0.273 e. The number of carbonyl (C=O) groups is 1. The predicted molar refractivity (Wildman–Crippen MR) is 117 cm³/mol. The van der Waals surface area contributed by atoms with Crippen molar-refractivity contribution in [3.05, 3.63) is 86.7 Å². The number of anilines is 1. The number of nitrogens with one attached hydrogen (secondary N) is 2. The van der Waals surface area contributed by atoms with E-state index in [1.807, 2.05) is 35.1 Å². The molecule has 6 nitrogen and oxygen atoms in total. The van der Waals surface area contributed by atoms with Gasteiger partial charge < -0.3 is 5.32 Å². The topological polar surface area (TPSA) is 75.6 Å². The average molecular weight is 491 g/mol. The molecule has 2 aromatic carbocycles. The fourth-order valence-electron chi connectivity index (χ4n) is 2.80. The van der Waals surface area contributed by atoms with Crippen molar-refractivity contribution in [1.82, 2.24) is 20.0 Å². The van der Waals surface area contributed by atoms with Gasteiger partial charge in [-0.25, -0.2) is 0 Å². The molecule has 4 aromatic rings. The molecule has 0 aliphatic rings. The summed E-state index contributed by atoms with van der Waals surface area (Å²) < 4.78 is 2.72. The van der Waals surface area contributed by atoms with Crippen molar-refractivity contribution in [3.63, 3.8) is 0 Å². The highest BCUT2D eigenvalue weighted by Crippen LogP contribution is 2.28. The van der Waals surface area contributed by atoms with Crippen LogP contribution in [0.25, 0.3) is 11.3 Å². The van der Waals surface area contributed by atoms with Crippen molar-refractivity contribution in [2.75, 3.05) is 5.32 Å². The third-order valence-electron chi connectivity index (χ3n) is 4.17. The summed E-state index contributed by atoms with van der Waals surface area (Å²) in [6, 6.07) is 14.5. The van der Waals surface area contributed by atoms with Gasteiger partial charge in [-0.1, -0.05) is 41.4 Å². The summed E-state index contributed by atoms with van der Waals surface area (Å²) in [5, 5.41) is 15.0. The van der Waals surface area contributed by atoms with Gasteiger partial charge in [0.1, 0.15) is 5.69 Å². The van der Waals surface area contributed by atoms with Crippen LogP contribution >= 0.6 is 39.1 Å². The van der Waals surface area contributed by atoms with Gasteiger partial charge in [-0.15, -0.1) is 0 Å². The SMILES string of the molecule is O=C(Nc1cccc(Cn2cc(Br)cn2)c1)c1cc(-c2ccc(Cl)c(Cl)c2)n[nH]1. The molecule has 0 aliphatic heterocycles. The molecular weight excluding hydrogens is 477 g/mol. The van der Waals surface area contributed by atoms with E-state index in [2.05, 4.69) is 36.5 Å². The molecule has 9 heteroatoms. The number of benzene rings is 2. The molecule has 4 rings (SSSR count). The van der Waals surface area contributed by atoms with Crippen molar-refractivity contribution in [2.45, 2.75) is 6.54 Å². The molecule has 2 aromatic heterocycles. The van der Waals surface area contributed by atoms with Crippen LogP contribution in [0, 0.1) is 0 Å². The van der Waals surface area contributed by atoms with E-state index in [-0.39, 0.29) is 5.91 Å². The summed E-state index contributed by atoms with van der Waals surface area (Å²) in [5.74, 6) is -0.289. The lowest BCUT2D eigenvalue weighted by molar-refractivity contribution is 0.102. The lowest BCUT2D eigenvalue weighted by atomic mass is 10.1. The second-order valence-electron chi connectivity index (χ2n) is 6.31. The molecule has 0 atom stereocenters. The molecule has 0 saturated carbocycles. The Hall–Kier alpha value is -2.61. The van der Waals surface area contributed by atoms with Crippen LogP contribution in [-0.2, 0) is 6.54 Å².